The third-order valence-electron chi connectivity index (χ3n) is 6.53. The van der Waals surface area contributed by atoms with Gasteiger partial charge in [0.1, 0.15) is 5.82 Å². The summed E-state index contributed by atoms with van der Waals surface area (Å²) in [7, 11) is 0. The Hall–Kier alpha value is -2.57. The minimum atomic E-state index is -0.264. The molecule has 2 aliphatic rings. The lowest BCUT2D eigenvalue weighted by atomic mass is 9.71. The van der Waals surface area contributed by atoms with Crippen LogP contribution in [0.3, 0.4) is 0 Å². The van der Waals surface area contributed by atoms with Crippen molar-refractivity contribution in [1.82, 2.24) is 19.9 Å². The van der Waals surface area contributed by atoms with Crippen LogP contribution in [0.1, 0.15) is 24.8 Å². The van der Waals surface area contributed by atoms with E-state index in [0.29, 0.717) is 0 Å². The van der Waals surface area contributed by atoms with Gasteiger partial charge in [0.15, 0.2) is 0 Å². The molecule has 0 bridgehead atoms. The first-order valence-electron chi connectivity index (χ1n) is 10.4. The van der Waals surface area contributed by atoms with Crippen molar-refractivity contribution in [3.63, 3.8) is 0 Å². The molecule has 4 heterocycles. The van der Waals surface area contributed by atoms with Crippen molar-refractivity contribution in [2.75, 3.05) is 31.1 Å². The molecule has 0 radical (unpaired) electrons. The number of hydrogen-bond acceptors (Lipinski definition) is 6. The van der Waals surface area contributed by atoms with Gasteiger partial charge >= 0.3 is 0 Å². The molecule has 1 spiro atoms. The number of aromatic nitrogens is 3. The Balaban J connectivity index is 1.31. The molecule has 0 amide bonds. The number of aliphatic hydroxyl groups is 1. The maximum Gasteiger partial charge on any atom is 0.147 e. The zero-order valence-electron chi connectivity index (χ0n) is 16.6. The molecular weight excluding hydrogens is 362 g/mol. The number of nitrogens with zero attached hydrogens (tertiary/aromatic N) is 5. The molecule has 6 heteroatoms. The highest BCUT2D eigenvalue weighted by atomic mass is 16.3. The van der Waals surface area contributed by atoms with Crippen LogP contribution in [-0.4, -0.2) is 57.2 Å². The zero-order valence-corrected chi connectivity index (χ0v) is 16.6. The van der Waals surface area contributed by atoms with Crippen LogP contribution in [0.25, 0.3) is 10.9 Å². The quantitative estimate of drug-likeness (QED) is 0.743. The van der Waals surface area contributed by atoms with E-state index < -0.39 is 0 Å². The topological polar surface area (TPSA) is 65.4 Å². The van der Waals surface area contributed by atoms with Gasteiger partial charge in [-0.3, -0.25) is 14.9 Å². The molecule has 3 aromatic rings. The Bertz CT molecular complexity index is 966. The first kappa shape index (κ1) is 18.5. The Morgan fingerprint density at radius 3 is 2.72 bits per heavy atom. The maximum absolute atomic E-state index is 10.7. The first-order valence-corrected chi connectivity index (χ1v) is 10.4. The molecule has 6 nitrogen and oxygen atoms in total. The monoisotopic (exact) mass is 389 g/mol. The number of likely N-dealkylation sites (tertiary alicyclic amines) is 1. The van der Waals surface area contributed by atoms with E-state index >= 15 is 0 Å². The smallest absolute Gasteiger partial charge is 0.147 e. The average molecular weight is 390 g/mol. The van der Waals surface area contributed by atoms with Gasteiger partial charge in [0.25, 0.3) is 0 Å². The van der Waals surface area contributed by atoms with Crippen LogP contribution < -0.4 is 4.90 Å². The second-order valence-electron chi connectivity index (χ2n) is 8.57. The van der Waals surface area contributed by atoms with E-state index in [2.05, 4.69) is 49.0 Å². The summed E-state index contributed by atoms with van der Waals surface area (Å²) in [6, 6.07) is 10.4. The Kier molecular flexibility index (Phi) is 4.89. The van der Waals surface area contributed by atoms with E-state index in [1.807, 2.05) is 18.5 Å². The van der Waals surface area contributed by atoms with Gasteiger partial charge in [-0.05, 0) is 42.4 Å². The van der Waals surface area contributed by atoms with Crippen LogP contribution in [0.15, 0.2) is 55.1 Å². The summed E-state index contributed by atoms with van der Waals surface area (Å²) in [4.78, 5) is 17.9. The molecule has 2 aliphatic heterocycles. The van der Waals surface area contributed by atoms with Crippen LogP contribution >= 0.6 is 0 Å². The van der Waals surface area contributed by atoms with Gasteiger partial charge in [0.05, 0.1) is 17.8 Å². The van der Waals surface area contributed by atoms with E-state index in [1.165, 1.54) is 10.9 Å². The SMILES string of the molecule is OC1CN(Cc2ccnc3ccccc23)CC2(CCN(c3cnccn3)CC2)C1. The van der Waals surface area contributed by atoms with Crippen molar-refractivity contribution in [2.45, 2.75) is 31.9 Å². The molecule has 29 heavy (non-hydrogen) atoms. The third-order valence-corrected chi connectivity index (χ3v) is 6.53. The minimum absolute atomic E-state index is 0.180. The lowest BCUT2D eigenvalue weighted by molar-refractivity contribution is -0.0250. The number of piperidine rings is 2. The second kappa shape index (κ2) is 7.69. The molecule has 150 valence electrons. The normalized spacial score (nSPS) is 22.2. The fourth-order valence-corrected chi connectivity index (χ4v) is 5.15. The molecule has 1 atom stereocenters. The lowest BCUT2D eigenvalue weighted by Crippen LogP contribution is -2.53. The molecule has 1 aromatic carbocycles. The minimum Gasteiger partial charge on any atom is -0.392 e. The third kappa shape index (κ3) is 3.82. The zero-order chi connectivity index (χ0) is 19.7. The standard InChI is InChI=1S/C23H27N5O/c29-19-13-23(6-11-28(12-7-23)22-14-24-9-10-26-22)17-27(16-19)15-18-5-8-25-21-4-2-1-3-20(18)21/h1-5,8-10,14,19,29H,6-7,11-13,15-17H2. The second-order valence-corrected chi connectivity index (χ2v) is 8.57. The predicted octanol–water partition coefficient (Wildman–Crippen LogP) is 2.88. The fraction of sp³-hybridized carbons (Fsp3) is 0.435. The van der Waals surface area contributed by atoms with Crippen LogP contribution in [0.4, 0.5) is 5.82 Å². The molecule has 2 fully saturated rings. The van der Waals surface area contributed by atoms with Gasteiger partial charge in [-0.1, -0.05) is 18.2 Å². The van der Waals surface area contributed by atoms with E-state index in [4.69, 9.17) is 0 Å². The van der Waals surface area contributed by atoms with E-state index in [0.717, 1.165) is 63.3 Å². The van der Waals surface area contributed by atoms with Crippen molar-refractivity contribution < 1.29 is 5.11 Å². The first-order chi connectivity index (χ1) is 14.2. The molecule has 1 unspecified atom stereocenters. The number of pyridine rings is 1. The summed E-state index contributed by atoms with van der Waals surface area (Å²) in [5.74, 6) is 0.957. The summed E-state index contributed by atoms with van der Waals surface area (Å²) >= 11 is 0. The summed E-state index contributed by atoms with van der Waals surface area (Å²) in [5.41, 5.74) is 2.51. The van der Waals surface area contributed by atoms with Gasteiger partial charge in [0.2, 0.25) is 0 Å². The number of benzene rings is 1. The fourth-order valence-electron chi connectivity index (χ4n) is 5.15. The van der Waals surface area contributed by atoms with Crippen molar-refractivity contribution in [2.24, 2.45) is 5.41 Å². The Labute approximate surface area is 171 Å². The van der Waals surface area contributed by atoms with E-state index in [9.17, 15) is 5.11 Å². The molecule has 1 N–H and O–H groups in total. The number of fused-ring (bicyclic) bond motifs is 1. The number of β-amino-alcohol motifs (C(OH)–C–C–N with tert-alkyl or cyclic N) is 1. The summed E-state index contributed by atoms with van der Waals surface area (Å²) in [5, 5.41) is 11.9. The number of anilines is 1. The van der Waals surface area contributed by atoms with Crippen molar-refractivity contribution in [3.8, 4) is 0 Å². The summed E-state index contributed by atoms with van der Waals surface area (Å²) < 4.78 is 0. The van der Waals surface area contributed by atoms with Crippen LogP contribution in [0, 0.1) is 5.41 Å². The van der Waals surface area contributed by atoms with Gasteiger partial charge in [-0.2, -0.15) is 0 Å². The molecule has 2 saturated heterocycles. The van der Waals surface area contributed by atoms with Crippen molar-refractivity contribution in [3.05, 3.63) is 60.7 Å². The molecule has 2 aromatic heterocycles. The number of hydrogen-bond donors (Lipinski definition) is 1. The van der Waals surface area contributed by atoms with Crippen molar-refractivity contribution >= 4 is 16.7 Å². The molecule has 5 rings (SSSR count). The number of rotatable bonds is 3. The highest BCUT2D eigenvalue weighted by Gasteiger charge is 2.41. The largest absolute Gasteiger partial charge is 0.392 e. The van der Waals surface area contributed by atoms with E-state index in [-0.39, 0.29) is 11.5 Å². The number of aliphatic hydroxyl groups excluding tert-OH is 1. The van der Waals surface area contributed by atoms with Crippen LogP contribution in [0.5, 0.6) is 0 Å². The van der Waals surface area contributed by atoms with Gasteiger partial charge in [-0.25, -0.2) is 4.98 Å². The van der Waals surface area contributed by atoms with Gasteiger partial charge in [0, 0.05) is 56.7 Å². The molecule has 0 aliphatic carbocycles. The molecule has 0 saturated carbocycles. The van der Waals surface area contributed by atoms with Crippen molar-refractivity contribution in [1.29, 1.82) is 0 Å². The van der Waals surface area contributed by atoms with Crippen LogP contribution in [0.2, 0.25) is 0 Å². The molecular formula is C23H27N5O. The number of para-hydroxylation sites is 1. The Morgan fingerprint density at radius 2 is 1.90 bits per heavy atom. The predicted molar refractivity (Wildman–Crippen MR) is 114 cm³/mol. The highest BCUT2D eigenvalue weighted by molar-refractivity contribution is 5.81. The average Bonchev–Trinajstić information content (AvgIpc) is 2.75. The lowest BCUT2D eigenvalue weighted by Gasteiger charge is -2.49. The van der Waals surface area contributed by atoms with Gasteiger partial charge < -0.3 is 10.0 Å². The highest BCUT2D eigenvalue weighted by Crippen LogP contribution is 2.41. The van der Waals surface area contributed by atoms with E-state index in [1.54, 1.807) is 12.4 Å². The maximum atomic E-state index is 10.7. The van der Waals surface area contributed by atoms with Crippen LogP contribution in [-0.2, 0) is 6.54 Å². The summed E-state index contributed by atoms with van der Waals surface area (Å²) in [6.07, 6.45) is 10.00. The Morgan fingerprint density at radius 1 is 1.03 bits per heavy atom. The summed E-state index contributed by atoms with van der Waals surface area (Å²) in [6.45, 7) is 4.58. The van der Waals surface area contributed by atoms with Gasteiger partial charge in [-0.15, -0.1) is 0 Å².